The third-order valence-electron chi connectivity index (χ3n) is 5.28. The van der Waals surface area contributed by atoms with Gasteiger partial charge in [0.05, 0.1) is 18.1 Å². The number of carbonyl (C=O) groups is 3. The summed E-state index contributed by atoms with van der Waals surface area (Å²) in [5, 5.41) is 7.78. The Morgan fingerprint density at radius 1 is 1.20 bits per heavy atom. The molecular formula is C20H28F2N4O4. The maximum Gasteiger partial charge on any atom is 0.234 e. The normalized spacial score (nSPS) is 21.3. The summed E-state index contributed by atoms with van der Waals surface area (Å²) in [6.07, 6.45) is 1.25. The largest absolute Gasteiger partial charge is 0.379 e. The molecule has 3 saturated heterocycles. The quantitative estimate of drug-likeness (QED) is 0.473. The van der Waals surface area contributed by atoms with E-state index in [1.807, 2.05) is 0 Å². The Bertz CT molecular complexity index is 756. The van der Waals surface area contributed by atoms with Crippen molar-refractivity contribution < 1.29 is 27.9 Å². The van der Waals surface area contributed by atoms with Crippen LogP contribution in [0.25, 0.3) is 0 Å². The van der Waals surface area contributed by atoms with E-state index in [1.165, 1.54) is 12.1 Å². The van der Waals surface area contributed by atoms with Crippen LogP contribution in [0.5, 0.6) is 0 Å². The van der Waals surface area contributed by atoms with Crippen molar-refractivity contribution in [2.45, 2.75) is 38.3 Å². The fourth-order valence-electron chi connectivity index (χ4n) is 3.38. The molecule has 0 saturated carbocycles. The Balaban J connectivity index is 0.000000395. The molecule has 3 N–H and O–H groups in total. The van der Waals surface area contributed by atoms with Crippen molar-refractivity contribution in [2.24, 2.45) is 0 Å². The minimum atomic E-state index is -0.998. The molecule has 10 heteroatoms. The number of hydrogen-bond donors (Lipinski definition) is 3. The summed E-state index contributed by atoms with van der Waals surface area (Å²) in [6, 6.07) is 2.33. The maximum atomic E-state index is 14.3. The lowest BCUT2D eigenvalue weighted by molar-refractivity contribution is -0.134. The molecule has 1 aromatic carbocycles. The van der Waals surface area contributed by atoms with Crippen molar-refractivity contribution in [3.05, 3.63) is 29.3 Å². The van der Waals surface area contributed by atoms with Gasteiger partial charge in [0.1, 0.15) is 11.6 Å². The number of ether oxygens (including phenoxy) is 1. The molecule has 0 bridgehead atoms. The van der Waals surface area contributed by atoms with Gasteiger partial charge in [-0.25, -0.2) is 8.78 Å². The van der Waals surface area contributed by atoms with Gasteiger partial charge in [-0.2, -0.15) is 0 Å². The molecule has 0 aromatic heterocycles. The SMILES string of the molecule is C.COC1CNC1.O=CNC1CN(c2cc(F)c(C3CCC(=O)NC3=O)c(F)c2)C1. The molecular weight excluding hydrogens is 398 g/mol. The first kappa shape index (κ1) is 23.7. The monoisotopic (exact) mass is 426 g/mol. The second kappa shape index (κ2) is 10.4. The predicted molar refractivity (Wildman–Crippen MR) is 107 cm³/mol. The topological polar surface area (TPSA) is 99.8 Å². The third-order valence-corrected chi connectivity index (χ3v) is 5.28. The highest BCUT2D eigenvalue weighted by Gasteiger charge is 2.34. The van der Waals surface area contributed by atoms with Crippen molar-refractivity contribution in [1.82, 2.24) is 16.0 Å². The predicted octanol–water partition coefficient (Wildman–Crippen LogP) is 0.660. The summed E-state index contributed by atoms with van der Waals surface area (Å²) in [7, 11) is 1.74. The average Bonchev–Trinajstić information content (AvgIpc) is 2.58. The van der Waals surface area contributed by atoms with Gasteiger partial charge in [-0.05, 0) is 18.6 Å². The van der Waals surface area contributed by atoms with Crippen LogP contribution < -0.4 is 20.9 Å². The van der Waals surface area contributed by atoms with E-state index >= 15 is 0 Å². The number of piperidine rings is 1. The second-order valence-corrected chi connectivity index (χ2v) is 7.23. The molecule has 1 atom stereocenters. The lowest BCUT2D eigenvalue weighted by Gasteiger charge is -2.40. The zero-order chi connectivity index (χ0) is 21.0. The van der Waals surface area contributed by atoms with Gasteiger partial charge in [0.25, 0.3) is 0 Å². The summed E-state index contributed by atoms with van der Waals surface area (Å²) in [4.78, 5) is 35.0. The Morgan fingerprint density at radius 2 is 1.83 bits per heavy atom. The molecule has 3 amide bonds. The van der Waals surface area contributed by atoms with Crippen LogP contribution in [0.1, 0.15) is 31.7 Å². The molecule has 1 unspecified atom stereocenters. The van der Waals surface area contributed by atoms with E-state index in [2.05, 4.69) is 16.0 Å². The third kappa shape index (κ3) is 5.31. The van der Waals surface area contributed by atoms with E-state index in [0.717, 1.165) is 13.1 Å². The Labute approximate surface area is 174 Å². The van der Waals surface area contributed by atoms with Crippen molar-refractivity contribution in [3.8, 4) is 0 Å². The molecule has 0 radical (unpaired) electrons. The molecule has 3 aliphatic rings. The van der Waals surface area contributed by atoms with Gasteiger partial charge in [0.15, 0.2) is 0 Å². The molecule has 1 aromatic rings. The molecule has 3 aliphatic heterocycles. The highest BCUT2D eigenvalue weighted by molar-refractivity contribution is 6.01. The van der Waals surface area contributed by atoms with Gasteiger partial charge in [-0.3, -0.25) is 19.7 Å². The second-order valence-electron chi connectivity index (χ2n) is 7.23. The van der Waals surface area contributed by atoms with E-state index in [1.54, 1.807) is 12.0 Å². The van der Waals surface area contributed by atoms with Gasteiger partial charge in [0, 0.05) is 51.0 Å². The number of anilines is 1. The number of amides is 3. The zero-order valence-electron chi connectivity index (χ0n) is 16.0. The molecule has 0 aliphatic carbocycles. The lowest BCUT2D eigenvalue weighted by Crippen LogP contribution is -2.57. The van der Waals surface area contributed by atoms with Crippen LogP contribution in [0.15, 0.2) is 12.1 Å². The minimum absolute atomic E-state index is 0. The zero-order valence-corrected chi connectivity index (χ0v) is 16.0. The minimum Gasteiger partial charge on any atom is -0.379 e. The number of benzene rings is 1. The van der Waals surface area contributed by atoms with Crippen LogP contribution >= 0.6 is 0 Å². The van der Waals surface area contributed by atoms with Crippen molar-refractivity contribution in [2.75, 3.05) is 38.2 Å². The van der Waals surface area contributed by atoms with E-state index < -0.39 is 29.4 Å². The van der Waals surface area contributed by atoms with Crippen LogP contribution in [0.3, 0.4) is 0 Å². The van der Waals surface area contributed by atoms with Gasteiger partial charge in [-0.15, -0.1) is 0 Å². The summed E-state index contributed by atoms with van der Waals surface area (Å²) in [6.45, 7) is 3.01. The average molecular weight is 426 g/mol. The standard InChI is InChI=1S/C15H15F2N3O3.C4H9NO.CH4/c16-11-3-9(20-5-8(6-20)18-7-21)4-12(17)14(11)10-1-2-13(22)19-15(10)23;1-6-4-2-5-3-4;/h3-4,7-8,10H,1-2,5-6H2,(H,18,21)(H,19,22,23);4-5H,2-3H2,1H3;1H4. The van der Waals surface area contributed by atoms with Crippen LogP contribution in [0.2, 0.25) is 0 Å². The van der Waals surface area contributed by atoms with Gasteiger partial charge < -0.3 is 20.3 Å². The van der Waals surface area contributed by atoms with Crippen molar-refractivity contribution >= 4 is 23.9 Å². The number of nitrogens with zero attached hydrogens (tertiary/aromatic N) is 1. The fraction of sp³-hybridized carbons (Fsp3) is 0.550. The van der Waals surface area contributed by atoms with Gasteiger partial charge in [-0.1, -0.05) is 7.43 Å². The van der Waals surface area contributed by atoms with Gasteiger partial charge >= 0.3 is 0 Å². The Hall–Kier alpha value is -2.59. The lowest BCUT2D eigenvalue weighted by atomic mass is 9.89. The number of methoxy groups -OCH3 is 1. The molecule has 30 heavy (non-hydrogen) atoms. The Kier molecular flexibility index (Phi) is 8.24. The van der Waals surface area contributed by atoms with Crippen LogP contribution in [0.4, 0.5) is 14.5 Å². The summed E-state index contributed by atoms with van der Waals surface area (Å²) in [5.41, 5.74) is 0.0573. The molecule has 8 nitrogen and oxygen atoms in total. The first-order valence-electron chi connectivity index (χ1n) is 9.43. The van der Waals surface area contributed by atoms with Crippen LogP contribution in [-0.2, 0) is 19.1 Å². The summed E-state index contributed by atoms with van der Waals surface area (Å²) in [5.74, 6) is -3.71. The number of carbonyl (C=O) groups excluding carboxylic acids is 3. The number of rotatable bonds is 5. The number of hydrogen-bond acceptors (Lipinski definition) is 6. The first-order valence-corrected chi connectivity index (χ1v) is 9.43. The van der Waals surface area contributed by atoms with Crippen molar-refractivity contribution in [1.29, 1.82) is 0 Å². The smallest absolute Gasteiger partial charge is 0.234 e. The summed E-state index contributed by atoms with van der Waals surface area (Å²) < 4.78 is 33.6. The first-order chi connectivity index (χ1) is 13.9. The van der Waals surface area contributed by atoms with E-state index in [-0.39, 0.29) is 31.9 Å². The van der Waals surface area contributed by atoms with Crippen molar-refractivity contribution in [3.63, 3.8) is 0 Å². The number of imide groups is 1. The molecule has 166 valence electrons. The molecule has 0 spiro atoms. The van der Waals surface area contributed by atoms with Gasteiger partial charge in [0.2, 0.25) is 18.2 Å². The fourth-order valence-corrected chi connectivity index (χ4v) is 3.38. The van der Waals surface area contributed by atoms with E-state index in [9.17, 15) is 23.2 Å². The molecule has 3 heterocycles. The van der Waals surface area contributed by atoms with E-state index in [4.69, 9.17) is 4.74 Å². The van der Waals surface area contributed by atoms with Crippen LogP contribution in [-0.4, -0.2) is 63.7 Å². The summed E-state index contributed by atoms with van der Waals surface area (Å²) >= 11 is 0. The van der Waals surface area contributed by atoms with Crippen LogP contribution in [0, 0.1) is 11.6 Å². The number of nitrogens with one attached hydrogen (secondary N) is 3. The highest BCUT2D eigenvalue weighted by Crippen LogP contribution is 2.33. The Morgan fingerprint density at radius 3 is 2.27 bits per heavy atom. The molecule has 4 rings (SSSR count). The highest BCUT2D eigenvalue weighted by atomic mass is 19.1. The number of halogens is 2. The molecule has 3 fully saturated rings. The maximum absolute atomic E-state index is 14.3. The van der Waals surface area contributed by atoms with E-state index in [0.29, 0.717) is 31.3 Å².